The van der Waals surface area contributed by atoms with Crippen LogP contribution >= 0.6 is 0 Å². The summed E-state index contributed by atoms with van der Waals surface area (Å²) >= 11 is 0. The van der Waals surface area contributed by atoms with E-state index in [9.17, 15) is 13.9 Å². The maximum atomic E-state index is 14.2. The van der Waals surface area contributed by atoms with Gasteiger partial charge in [-0.05, 0) is 46.3 Å². The molecule has 0 atom stereocenters. The molecule has 2 heterocycles. The molecule has 134 valence electrons. The molecule has 27 heavy (non-hydrogen) atoms. The van der Waals surface area contributed by atoms with E-state index in [1.165, 1.54) is 18.3 Å². The van der Waals surface area contributed by atoms with Gasteiger partial charge in [-0.15, -0.1) is 5.10 Å². The molecule has 0 spiro atoms. The van der Waals surface area contributed by atoms with E-state index in [1.807, 2.05) is 0 Å². The zero-order chi connectivity index (χ0) is 19.0. The zero-order valence-corrected chi connectivity index (χ0v) is 13.7. The van der Waals surface area contributed by atoms with Crippen molar-refractivity contribution in [3.63, 3.8) is 0 Å². The number of pyridine rings is 1. The Morgan fingerprint density at radius 3 is 2.63 bits per heavy atom. The number of nitrogens with zero attached hydrogens (tertiary/aromatic N) is 5. The average Bonchev–Trinajstić information content (AvgIpc) is 3.13. The van der Waals surface area contributed by atoms with E-state index in [1.54, 1.807) is 30.3 Å². The Balaban J connectivity index is 1.87. The van der Waals surface area contributed by atoms with Crippen molar-refractivity contribution in [2.75, 3.05) is 5.73 Å². The van der Waals surface area contributed by atoms with Crippen LogP contribution in [0.4, 0.5) is 14.6 Å². The SMILES string of the molecule is Nc1ncc(-c2cccc(O)c2)cc1-c1nnnn1-c1cccc(F)c1F. The number of phenolic OH excluding ortho intramolecular Hbond substituents is 1. The van der Waals surface area contributed by atoms with Crippen LogP contribution in [0.5, 0.6) is 5.75 Å². The van der Waals surface area contributed by atoms with Gasteiger partial charge in [0.1, 0.15) is 17.3 Å². The highest BCUT2D eigenvalue weighted by Gasteiger charge is 2.19. The van der Waals surface area contributed by atoms with Crippen molar-refractivity contribution in [1.29, 1.82) is 0 Å². The summed E-state index contributed by atoms with van der Waals surface area (Å²) in [5.74, 6) is -1.79. The molecule has 0 aliphatic rings. The molecule has 3 N–H and O–H groups in total. The first-order chi connectivity index (χ1) is 13.0. The first kappa shape index (κ1) is 16.6. The van der Waals surface area contributed by atoms with Gasteiger partial charge in [0.05, 0.1) is 5.56 Å². The second-order valence-corrected chi connectivity index (χ2v) is 5.69. The zero-order valence-electron chi connectivity index (χ0n) is 13.7. The van der Waals surface area contributed by atoms with Crippen LogP contribution in [0, 0.1) is 11.6 Å². The normalized spacial score (nSPS) is 10.9. The molecule has 2 aromatic carbocycles. The molecule has 0 radical (unpaired) electrons. The van der Waals surface area contributed by atoms with Gasteiger partial charge >= 0.3 is 0 Å². The highest BCUT2D eigenvalue weighted by molar-refractivity contribution is 5.76. The molecule has 9 heteroatoms. The number of benzene rings is 2. The van der Waals surface area contributed by atoms with Gasteiger partial charge in [0, 0.05) is 11.8 Å². The molecule has 7 nitrogen and oxygen atoms in total. The third-order valence-corrected chi connectivity index (χ3v) is 3.97. The summed E-state index contributed by atoms with van der Waals surface area (Å²) in [6.07, 6.45) is 1.53. The Morgan fingerprint density at radius 1 is 1.00 bits per heavy atom. The molecule has 0 bridgehead atoms. The molecule has 0 aliphatic carbocycles. The summed E-state index contributed by atoms with van der Waals surface area (Å²) in [6.45, 7) is 0. The number of tetrazole rings is 1. The molecule has 0 amide bonds. The van der Waals surface area contributed by atoms with E-state index < -0.39 is 11.6 Å². The van der Waals surface area contributed by atoms with Crippen LogP contribution in [0.1, 0.15) is 0 Å². The topological polar surface area (TPSA) is 103 Å². The second kappa shape index (κ2) is 6.45. The van der Waals surface area contributed by atoms with Crippen LogP contribution in [0.25, 0.3) is 28.2 Å². The van der Waals surface area contributed by atoms with E-state index in [-0.39, 0.29) is 23.1 Å². The number of rotatable bonds is 3. The van der Waals surface area contributed by atoms with Gasteiger partial charge in [-0.25, -0.2) is 13.8 Å². The Hall–Kier alpha value is -3.88. The lowest BCUT2D eigenvalue weighted by Gasteiger charge is -2.10. The summed E-state index contributed by atoms with van der Waals surface area (Å²) in [7, 11) is 0. The highest BCUT2D eigenvalue weighted by atomic mass is 19.2. The monoisotopic (exact) mass is 366 g/mol. The third kappa shape index (κ3) is 2.95. The number of aromatic nitrogens is 5. The number of aromatic hydroxyl groups is 1. The minimum absolute atomic E-state index is 0.0949. The molecule has 0 saturated heterocycles. The second-order valence-electron chi connectivity index (χ2n) is 5.69. The van der Waals surface area contributed by atoms with E-state index in [4.69, 9.17) is 5.73 Å². The fraction of sp³-hybridized carbons (Fsp3) is 0. The van der Waals surface area contributed by atoms with Crippen molar-refractivity contribution in [3.8, 4) is 34.0 Å². The largest absolute Gasteiger partial charge is 0.508 e. The van der Waals surface area contributed by atoms with Crippen molar-refractivity contribution in [3.05, 3.63) is 66.4 Å². The lowest BCUT2D eigenvalue weighted by molar-refractivity contribution is 0.475. The highest BCUT2D eigenvalue weighted by Crippen LogP contribution is 2.31. The predicted molar refractivity (Wildman–Crippen MR) is 93.8 cm³/mol. The Morgan fingerprint density at radius 2 is 1.81 bits per heavy atom. The lowest BCUT2D eigenvalue weighted by atomic mass is 10.0. The molecule has 4 aromatic rings. The van der Waals surface area contributed by atoms with Gasteiger partial charge in [0.25, 0.3) is 0 Å². The minimum Gasteiger partial charge on any atom is -0.508 e. The van der Waals surface area contributed by atoms with Gasteiger partial charge in [0.15, 0.2) is 17.5 Å². The molecule has 4 rings (SSSR count). The standard InChI is InChI=1S/C18H12F2N6O/c19-14-5-2-6-15(16(14)20)26-18(23-24-25-26)13-8-11(9-22-17(13)21)10-3-1-4-12(27)7-10/h1-9,27H,(H2,21,22). The quantitative estimate of drug-likeness (QED) is 0.578. The van der Waals surface area contributed by atoms with Crippen molar-refractivity contribution < 1.29 is 13.9 Å². The summed E-state index contributed by atoms with van der Waals surface area (Å²) in [5.41, 5.74) is 7.49. The van der Waals surface area contributed by atoms with E-state index in [0.717, 1.165) is 10.7 Å². The summed E-state index contributed by atoms with van der Waals surface area (Å²) in [6, 6.07) is 11.9. The van der Waals surface area contributed by atoms with Crippen LogP contribution in [0.15, 0.2) is 54.7 Å². The van der Waals surface area contributed by atoms with Crippen LogP contribution in [-0.4, -0.2) is 30.3 Å². The maximum absolute atomic E-state index is 14.2. The molecule has 2 aromatic heterocycles. The van der Waals surface area contributed by atoms with Gasteiger partial charge < -0.3 is 10.8 Å². The number of nitrogens with two attached hydrogens (primary N) is 1. The number of hydrogen-bond acceptors (Lipinski definition) is 6. The molecule has 0 unspecified atom stereocenters. The van der Waals surface area contributed by atoms with Crippen LogP contribution in [0.2, 0.25) is 0 Å². The van der Waals surface area contributed by atoms with E-state index in [2.05, 4.69) is 20.5 Å². The number of phenols is 1. The van der Waals surface area contributed by atoms with Crippen molar-refractivity contribution in [2.24, 2.45) is 0 Å². The summed E-state index contributed by atoms with van der Waals surface area (Å²) < 4.78 is 28.8. The van der Waals surface area contributed by atoms with Crippen molar-refractivity contribution in [2.45, 2.75) is 0 Å². The van der Waals surface area contributed by atoms with Crippen LogP contribution < -0.4 is 5.73 Å². The average molecular weight is 366 g/mol. The Bertz CT molecular complexity index is 1140. The summed E-state index contributed by atoms with van der Waals surface area (Å²) in [4.78, 5) is 4.14. The maximum Gasteiger partial charge on any atom is 0.190 e. The minimum atomic E-state index is -1.08. The van der Waals surface area contributed by atoms with Gasteiger partial charge in [0.2, 0.25) is 0 Å². The number of hydrogen-bond donors (Lipinski definition) is 2. The Labute approximate surface area is 151 Å². The number of nitrogen functional groups attached to an aromatic ring is 1. The number of anilines is 1. The van der Waals surface area contributed by atoms with Crippen LogP contribution in [-0.2, 0) is 0 Å². The van der Waals surface area contributed by atoms with Gasteiger partial charge in [-0.2, -0.15) is 4.68 Å². The molecule has 0 saturated carbocycles. The van der Waals surface area contributed by atoms with Gasteiger partial charge in [-0.1, -0.05) is 18.2 Å². The Kier molecular flexibility index (Phi) is 3.96. The fourth-order valence-electron chi connectivity index (χ4n) is 2.67. The third-order valence-electron chi connectivity index (χ3n) is 3.97. The smallest absolute Gasteiger partial charge is 0.190 e. The fourth-order valence-corrected chi connectivity index (χ4v) is 2.67. The van der Waals surface area contributed by atoms with Crippen LogP contribution in [0.3, 0.4) is 0 Å². The molecular weight excluding hydrogens is 354 g/mol. The lowest BCUT2D eigenvalue weighted by Crippen LogP contribution is -2.06. The van der Waals surface area contributed by atoms with Gasteiger partial charge in [-0.3, -0.25) is 0 Å². The molecular formula is C18H12F2N6O. The number of halogens is 2. The van der Waals surface area contributed by atoms with E-state index >= 15 is 0 Å². The van der Waals surface area contributed by atoms with E-state index in [0.29, 0.717) is 16.7 Å². The molecule has 0 aliphatic heterocycles. The van der Waals surface area contributed by atoms with Crippen molar-refractivity contribution >= 4 is 5.82 Å². The predicted octanol–water partition coefficient (Wildman–Crippen LogP) is 2.96. The first-order valence-corrected chi connectivity index (χ1v) is 7.82. The molecule has 0 fully saturated rings. The van der Waals surface area contributed by atoms with Crippen molar-refractivity contribution in [1.82, 2.24) is 25.2 Å². The summed E-state index contributed by atoms with van der Waals surface area (Å²) in [5, 5.41) is 20.9. The first-order valence-electron chi connectivity index (χ1n) is 7.82.